The molecule has 0 radical (unpaired) electrons. The molecule has 1 aliphatic rings. The molecule has 0 bridgehead atoms. The van der Waals surface area contributed by atoms with Crippen molar-refractivity contribution in [3.8, 4) is 0 Å². The maximum atomic E-state index is 11.5. The molecule has 2 unspecified atom stereocenters. The van der Waals surface area contributed by atoms with Gasteiger partial charge in [-0.2, -0.15) is 0 Å². The number of aliphatic hydroxyl groups excluding tert-OH is 1. The van der Waals surface area contributed by atoms with Gasteiger partial charge in [0.1, 0.15) is 6.04 Å². The van der Waals surface area contributed by atoms with E-state index in [1.165, 1.54) is 0 Å². The van der Waals surface area contributed by atoms with E-state index < -0.39 is 0 Å². The Kier molecular flexibility index (Phi) is 4.11. The summed E-state index contributed by atoms with van der Waals surface area (Å²) in [5.74, 6) is -0.148. The van der Waals surface area contributed by atoms with Gasteiger partial charge in [0.25, 0.3) is 0 Å². The van der Waals surface area contributed by atoms with Crippen LogP contribution in [0.15, 0.2) is 0 Å². The standard InChI is InChI=1S/C11H21NO3/c1-4-5-6-15-10(14)9-7-12(9)11(2,3)8-13/h9,13H,4-8H2,1-3H3. The van der Waals surface area contributed by atoms with Crippen molar-refractivity contribution in [3.63, 3.8) is 0 Å². The van der Waals surface area contributed by atoms with Gasteiger partial charge >= 0.3 is 5.97 Å². The predicted octanol–water partition coefficient (Wildman–Crippen LogP) is 0.785. The second-order valence-electron chi connectivity index (χ2n) is 4.66. The zero-order valence-electron chi connectivity index (χ0n) is 9.82. The summed E-state index contributed by atoms with van der Waals surface area (Å²) in [6, 6.07) is -0.135. The molecule has 4 heteroatoms. The first-order valence-electron chi connectivity index (χ1n) is 5.57. The van der Waals surface area contributed by atoms with Crippen molar-refractivity contribution >= 4 is 5.97 Å². The van der Waals surface area contributed by atoms with Crippen LogP contribution in [0.1, 0.15) is 33.6 Å². The van der Waals surface area contributed by atoms with Crippen LogP contribution >= 0.6 is 0 Å². The van der Waals surface area contributed by atoms with Crippen molar-refractivity contribution < 1.29 is 14.6 Å². The smallest absolute Gasteiger partial charge is 0.324 e. The van der Waals surface area contributed by atoms with Crippen molar-refractivity contribution in [3.05, 3.63) is 0 Å². The second-order valence-corrected chi connectivity index (χ2v) is 4.66. The quantitative estimate of drug-likeness (QED) is 0.404. The third-order valence-corrected chi connectivity index (χ3v) is 2.79. The summed E-state index contributed by atoms with van der Waals surface area (Å²) in [7, 11) is 0. The molecular weight excluding hydrogens is 194 g/mol. The normalized spacial score (nSPS) is 25.1. The lowest BCUT2D eigenvalue weighted by atomic mass is 10.1. The van der Waals surface area contributed by atoms with E-state index in [4.69, 9.17) is 9.84 Å². The molecule has 0 amide bonds. The van der Waals surface area contributed by atoms with Crippen LogP contribution in [0, 0.1) is 0 Å². The number of carbonyl (C=O) groups is 1. The van der Waals surface area contributed by atoms with Crippen molar-refractivity contribution in [2.45, 2.75) is 45.2 Å². The highest BCUT2D eigenvalue weighted by atomic mass is 16.5. The average Bonchev–Trinajstić information content (AvgIpc) is 2.98. The second kappa shape index (κ2) is 4.94. The van der Waals surface area contributed by atoms with Crippen molar-refractivity contribution in [1.29, 1.82) is 0 Å². The van der Waals surface area contributed by atoms with Gasteiger partial charge in [0.15, 0.2) is 0 Å². The summed E-state index contributed by atoms with van der Waals surface area (Å²) in [5, 5.41) is 9.12. The molecule has 0 spiro atoms. The van der Waals surface area contributed by atoms with Crippen molar-refractivity contribution in [1.82, 2.24) is 4.90 Å². The molecule has 4 nitrogen and oxygen atoms in total. The minimum absolute atomic E-state index is 0.0612. The Labute approximate surface area is 91.2 Å². The number of hydrogen-bond acceptors (Lipinski definition) is 4. The van der Waals surface area contributed by atoms with Gasteiger partial charge < -0.3 is 9.84 Å². The van der Waals surface area contributed by atoms with Crippen molar-refractivity contribution in [2.24, 2.45) is 0 Å². The Morgan fingerprint density at radius 1 is 1.60 bits per heavy atom. The number of ether oxygens (including phenoxy) is 1. The fourth-order valence-corrected chi connectivity index (χ4v) is 1.51. The summed E-state index contributed by atoms with van der Waals surface area (Å²) in [6.45, 7) is 7.19. The monoisotopic (exact) mass is 215 g/mol. The molecular formula is C11H21NO3. The summed E-state index contributed by atoms with van der Waals surface area (Å²) < 4.78 is 5.11. The van der Waals surface area contributed by atoms with Crippen LogP contribution in [0.3, 0.4) is 0 Å². The van der Waals surface area contributed by atoms with Gasteiger partial charge in [0.2, 0.25) is 0 Å². The minimum atomic E-state index is -0.311. The highest BCUT2D eigenvalue weighted by molar-refractivity contribution is 5.79. The number of nitrogens with zero attached hydrogens (tertiary/aromatic N) is 1. The fraction of sp³-hybridized carbons (Fsp3) is 0.909. The molecule has 0 saturated carbocycles. The Bertz CT molecular complexity index is 228. The van der Waals surface area contributed by atoms with E-state index in [-0.39, 0.29) is 24.2 Å². The first-order valence-corrected chi connectivity index (χ1v) is 5.57. The predicted molar refractivity (Wildman–Crippen MR) is 57.5 cm³/mol. The molecule has 2 atom stereocenters. The third kappa shape index (κ3) is 3.18. The number of rotatable bonds is 6. The summed E-state index contributed by atoms with van der Waals surface area (Å²) in [5.41, 5.74) is -0.311. The molecule has 1 saturated heterocycles. The van der Waals surface area contributed by atoms with Crippen LogP contribution in [0.5, 0.6) is 0 Å². The molecule has 1 fully saturated rings. The first kappa shape index (κ1) is 12.5. The minimum Gasteiger partial charge on any atom is -0.464 e. The Morgan fingerprint density at radius 3 is 2.80 bits per heavy atom. The Hall–Kier alpha value is -0.610. The number of unbranched alkanes of at least 4 members (excludes halogenated alkanes) is 1. The van der Waals surface area contributed by atoms with E-state index in [0.717, 1.165) is 12.8 Å². The number of esters is 1. The fourth-order valence-electron chi connectivity index (χ4n) is 1.51. The number of aliphatic hydroxyl groups is 1. The van der Waals surface area contributed by atoms with Gasteiger partial charge in [-0.15, -0.1) is 0 Å². The van der Waals surface area contributed by atoms with E-state index in [0.29, 0.717) is 13.2 Å². The van der Waals surface area contributed by atoms with Gasteiger partial charge in [0.05, 0.1) is 13.2 Å². The molecule has 1 N–H and O–H groups in total. The molecule has 0 aromatic heterocycles. The maximum absolute atomic E-state index is 11.5. The van der Waals surface area contributed by atoms with E-state index in [1.807, 2.05) is 18.7 Å². The third-order valence-electron chi connectivity index (χ3n) is 2.79. The van der Waals surface area contributed by atoms with E-state index in [9.17, 15) is 4.79 Å². The van der Waals surface area contributed by atoms with Crippen LogP contribution in [0.4, 0.5) is 0 Å². The largest absolute Gasteiger partial charge is 0.464 e. The molecule has 0 aliphatic carbocycles. The lowest BCUT2D eigenvalue weighted by molar-refractivity contribution is -0.144. The number of carbonyl (C=O) groups excluding carboxylic acids is 1. The Balaban J connectivity index is 2.28. The van der Waals surface area contributed by atoms with Gasteiger partial charge in [0, 0.05) is 12.1 Å². The van der Waals surface area contributed by atoms with E-state index >= 15 is 0 Å². The van der Waals surface area contributed by atoms with Gasteiger partial charge in [-0.1, -0.05) is 13.3 Å². The Morgan fingerprint density at radius 2 is 2.27 bits per heavy atom. The maximum Gasteiger partial charge on any atom is 0.324 e. The van der Waals surface area contributed by atoms with Gasteiger partial charge in [-0.05, 0) is 20.3 Å². The summed E-state index contributed by atoms with van der Waals surface area (Å²) in [4.78, 5) is 13.5. The van der Waals surface area contributed by atoms with Crippen molar-refractivity contribution in [2.75, 3.05) is 19.8 Å². The summed E-state index contributed by atoms with van der Waals surface area (Å²) >= 11 is 0. The zero-order valence-corrected chi connectivity index (χ0v) is 9.82. The first-order chi connectivity index (χ1) is 7.03. The summed E-state index contributed by atoms with van der Waals surface area (Å²) in [6.07, 6.45) is 1.95. The van der Waals surface area contributed by atoms with Gasteiger partial charge in [-0.3, -0.25) is 9.69 Å². The molecule has 1 rings (SSSR count). The SMILES string of the molecule is CCCCOC(=O)C1CN1C(C)(C)CO. The zero-order chi connectivity index (χ0) is 11.5. The van der Waals surface area contributed by atoms with E-state index in [2.05, 4.69) is 6.92 Å². The molecule has 1 aliphatic heterocycles. The highest BCUT2D eigenvalue weighted by Crippen LogP contribution is 2.29. The molecule has 0 aromatic carbocycles. The molecule has 88 valence electrons. The van der Waals surface area contributed by atoms with Crippen LogP contribution in [-0.4, -0.2) is 47.3 Å². The lowest BCUT2D eigenvalue weighted by Gasteiger charge is -2.23. The van der Waals surface area contributed by atoms with Crippen LogP contribution < -0.4 is 0 Å². The van der Waals surface area contributed by atoms with Crippen LogP contribution in [0.25, 0.3) is 0 Å². The topological polar surface area (TPSA) is 49.5 Å². The molecule has 15 heavy (non-hydrogen) atoms. The van der Waals surface area contributed by atoms with Gasteiger partial charge in [-0.25, -0.2) is 0 Å². The number of hydrogen-bond donors (Lipinski definition) is 1. The lowest BCUT2D eigenvalue weighted by Crippen LogP contribution is -2.37. The van der Waals surface area contributed by atoms with E-state index in [1.54, 1.807) is 0 Å². The average molecular weight is 215 g/mol. The highest BCUT2D eigenvalue weighted by Gasteiger charge is 2.49. The van der Waals surface area contributed by atoms with Crippen LogP contribution in [0.2, 0.25) is 0 Å². The molecule has 1 heterocycles. The van der Waals surface area contributed by atoms with Crippen LogP contribution in [-0.2, 0) is 9.53 Å². The molecule has 0 aromatic rings.